The Bertz CT molecular complexity index is 753. The molecule has 124 valence electrons. The fourth-order valence-electron chi connectivity index (χ4n) is 2.93. The summed E-state index contributed by atoms with van der Waals surface area (Å²) in [5.41, 5.74) is 5.07. The number of aryl methyl sites for hydroxylation is 1. The molecule has 0 amide bonds. The summed E-state index contributed by atoms with van der Waals surface area (Å²) < 4.78 is 0. The van der Waals surface area contributed by atoms with Gasteiger partial charge in [-0.05, 0) is 47.2 Å². The molecule has 2 heteroatoms. The van der Waals surface area contributed by atoms with E-state index in [2.05, 4.69) is 55.5 Å². The van der Waals surface area contributed by atoms with Crippen LogP contribution in [-0.4, -0.2) is 5.11 Å². The van der Waals surface area contributed by atoms with Crippen molar-refractivity contribution in [2.75, 3.05) is 0 Å². The second-order valence-corrected chi connectivity index (χ2v) is 7.29. The van der Waals surface area contributed by atoms with Crippen LogP contribution in [0.5, 0.6) is 5.06 Å². The van der Waals surface area contributed by atoms with Crippen LogP contribution in [0.25, 0.3) is 21.6 Å². The van der Waals surface area contributed by atoms with Crippen LogP contribution < -0.4 is 0 Å². The number of benzene rings is 2. The molecule has 0 saturated carbocycles. The van der Waals surface area contributed by atoms with Crippen LogP contribution in [0.1, 0.15) is 38.2 Å². The van der Waals surface area contributed by atoms with Gasteiger partial charge in [0.15, 0.2) is 5.06 Å². The molecular weight excluding hydrogens is 312 g/mol. The molecule has 24 heavy (non-hydrogen) atoms. The van der Waals surface area contributed by atoms with Gasteiger partial charge in [0.1, 0.15) is 0 Å². The smallest absolute Gasteiger partial charge is 0.171 e. The van der Waals surface area contributed by atoms with E-state index in [0.29, 0.717) is 5.06 Å². The first kappa shape index (κ1) is 16.8. The van der Waals surface area contributed by atoms with E-state index in [4.69, 9.17) is 0 Å². The average molecular weight is 336 g/mol. The SMILES string of the molecule is CCCCCCc1ccc(-c2ccc(-c3ccc(O)s3)cc2)cc1. The van der Waals surface area contributed by atoms with E-state index in [1.165, 1.54) is 60.1 Å². The molecular formula is C22H24OS. The number of unbranched alkanes of at least 4 members (excludes halogenated alkanes) is 3. The molecule has 0 bridgehead atoms. The molecule has 1 heterocycles. The summed E-state index contributed by atoms with van der Waals surface area (Å²) in [7, 11) is 0. The molecule has 1 N–H and O–H groups in total. The molecule has 0 fully saturated rings. The van der Waals surface area contributed by atoms with Gasteiger partial charge in [0.05, 0.1) is 0 Å². The lowest BCUT2D eigenvalue weighted by molar-refractivity contribution is 0.491. The summed E-state index contributed by atoms with van der Waals surface area (Å²) in [4.78, 5) is 1.10. The van der Waals surface area contributed by atoms with Gasteiger partial charge in [-0.3, -0.25) is 0 Å². The zero-order valence-electron chi connectivity index (χ0n) is 14.2. The molecule has 0 spiro atoms. The lowest BCUT2D eigenvalue weighted by atomic mass is 10.00. The van der Waals surface area contributed by atoms with Crippen molar-refractivity contribution in [2.24, 2.45) is 0 Å². The minimum Gasteiger partial charge on any atom is -0.499 e. The average Bonchev–Trinajstić information content (AvgIpc) is 3.06. The lowest BCUT2D eigenvalue weighted by Gasteiger charge is -2.06. The predicted octanol–water partition coefficient (Wildman–Crippen LogP) is 6.91. The monoisotopic (exact) mass is 336 g/mol. The number of rotatable bonds is 7. The highest BCUT2D eigenvalue weighted by atomic mass is 32.1. The maximum Gasteiger partial charge on any atom is 0.171 e. The highest BCUT2D eigenvalue weighted by Gasteiger charge is 2.03. The topological polar surface area (TPSA) is 20.2 Å². The molecule has 3 rings (SSSR count). The van der Waals surface area contributed by atoms with Gasteiger partial charge < -0.3 is 5.11 Å². The molecule has 1 nitrogen and oxygen atoms in total. The van der Waals surface area contributed by atoms with E-state index in [9.17, 15) is 5.11 Å². The van der Waals surface area contributed by atoms with Crippen molar-refractivity contribution in [3.63, 3.8) is 0 Å². The largest absolute Gasteiger partial charge is 0.499 e. The minimum atomic E-state index is 0.364. The number of thiophene rings is 1. The van der Waals surface area contributed by atoms with Crippen molar-refractivity contribution in [1.29, 1.82) is 0 Å². The summed E-state index contributed by atoms with van der Waals surface area (Å²) in [5, 5.41) is 9.85. The zero-order valence-corrected chi connectivity index (χ0v) is 15.0. The molecule has 2 aromatic carbocycles. The summed E-state index contributed by atoms with van der Waals surface area (Å²) in [6.45, 7) is 2.25. The second kappa shape index (κ2) is 8.16. The van der Waals surface area contributed by atoms with Crippen LogP contribution in [0.3, 0.4) is 0 Å². The molecule has 0 aliphatic heterocycles. The Labute approximate surface area is 148 Å². The normalized spacial score (nSPS) is 10.9. The summed E-state index contributed by atoms with van der Waals surface area (Å²) in [6.07, 6.45) is 6.43. The van der Waals surface area contributed by atoms with Crippen molar-refractivity contribution in [3.8, 4) is 26.6 Å². The van der Waals surface area contributed by atoms with Crippen LogP contribution >= 0.6 is 11.3 Å². The van der Waals surface area contributed by atoms with Crippen molar-refractivity contribution in [2.45, 2.75) is 39.0 Å². The van der Waals surface area contributed by atoms with E-state index in [1.807, 2.05) is 6.07 Å². The van der Waals surface area contributed by atoms with Gasteiger partial charge in [-0.15, -0.1) is 0 Å². The van der Waals surface area contributed by atoms with E-state index < -0.39 is 0 Å². The van der Waals surface area contributed by atoms with Gasteiger partial charge in [0.25, 0.3) is 0 Å². The highest BCUT2D eigenvalue weighted by molar-refractivity contribution is 7.17. The third-order valence-corrected chi connectivity index (χ3v) is 5.30. The minimum absolute atomic E-state index is 0.364. The molecule has 3 aromatic rings. The van der Waals surface area contributed by atoms with Crippen LogP contribution in [0, 0.1) is 0 Å². The van der Waals surface area contributed by atoms with Crippen molar-refractivity contribution < 1.29 is 5.11 Å². The van der Waals surface area contributed by atoms with Crippen molar-refractivity contribution in [1.82, 2.24) is 0 Å². The fourth-order valence-corrected chi connectivity index (χ4v) is 3.68. The Hall–Kier alpha value is -2.06. The van der Waals surface area contributed by atoms with Crippen LogP contribution in [0.2, 0.25) is 0 Å². The van der Waals surface area contributed by atoms with Gasteiger partial charge in [-0.25, -0.2) is 0 Å². The molecule has 0 radical (unpaired) electrons. The highest BCUT2D eigenvalue weighted by Crippen LogP contribution is 2.33. The number of aromatic hydroxyl groups is 1. The quantitative estimate of drug-likeness (QED) is 0.465. The molecule has 0 aliphatic rings. The number of hydrogen-bond donors (Lipinski definition) is 1. The third-order valence-electron chi connectivity index (χ3n) is 4.37. The summed E-state index contributed by atoms with van der Waals surface area (Å²) >= 11 is 1.41. The van der Waals surface area contributed by atoms with Crippen molar-refractivity contribution >= 4 is 11.3 Å². The first-order valence-corrected chi connectivity index (χ1v) is 9.56. The number of hydrogen-bond acceptors (Lipinski definition) is 2. The maximum atomic E-state index is 9.48. The zero-order chi connectivity index (χ0) is 16.8. The Kier molecular flexibility index (Phi) is 5.71. The Morgan fingerprint density at radius 1 is 0.708 bits per heavy atom. The molecule has 0 unspecified atom stereocenters. The van der Waals surface area contributed by atoms with Crippen LogP contribution in [0.4, 0.5) is 0 Å². The van der Waals surface area contributed by atoms with Gasteiger partial charge in [0.2, 0.25) is 0 Å². The first-order valence-electron chi connectivity index (χ1n) is 8.75. The Balaban J connectivity index is 1.66. The molecule has 0 saturated heterocycles. The Morgan fingerprint density at radius 3 is 1.92 bits per heavy atom. The van der Waals surface area contributed by atoms with Gasteiger partial charge in [-0.1, -0.05) is 86.1 Å². The van der Waals surface area contributed by atoms with Gasteiger partial charge in [-0.2, -0.15) is 0 Å². The lowest BCUT2D eigenvalue weighted by Crippen LogP contribution is -1.86. The van der Waals surface area contributed by atoms with E-state index >= 15 is 0 Å². The molecule has 1 aromatic heterocycles. The maximum absolute atomic E-state index is 9.48. The second-order valence-electron chi connectivity index (χ2n) is 6.22. The van der Waals surface area contributed by atoms with Crippen molar-refractivity contribution in [3.05, 3.63) is 66.2 Å². The predicted molar refractivity (Wildman–Crippen MR) is 105 cm³/mol. The van der Waals surface area contributed by atoms with E-state index in [1.54, 1.807) is 6.07 Å². The fraction of sp³-hybridized carbons (Fsp3) is 0.273. The van der Waals surface area contributed by atoms with E-state index in [-0.39, 0.29) is 0 Å². The van der Waals surface area contributed by atoms with Crippen LogP contribution in [0.15, 0.2) is 60.7 Å². The summed E-state index contributed by atoms with van der Waals surface area (Å²) in [5.74, 6) is 0. The standard InChI is InChI=1S/C22H24OS/c1-2-3-4-5-6-17-7-9-18(10-8-17)19-11-13-20(14-12-19)21-15-16-22(23)24-21/h7-16,23H,2-6H2,1H3. The summed E-state index contributed by atoms with van der Waals surface area (Å²) in [6, 6.07) is 21.2. The van der Waals surface area contributed by atoms with E-state index in [0.717, 1.165) is 10.4 Å². The van der Waals surface area contributed by atoms with Crippen LogP contribution in [-0.2, 0) is 6.42 Å². The van der Waals surface area contributed by atoms with Gasteiger partial charge >= 0.3 is 0 Å². The first-order chi connectivity index (χ1) is 11.8. The van der Waals surface area contributed by atoms with Gasteiger partial charge in [0, 0.05) is 4.88 Å². The molecule has 0 aliphatic carbocycles. The molecule has 0 atom stereocenters. The third kappa shape index (κ3) is 4.27. The Morgan fingerprint density at radius 2 is 1.33 bits per heavy atom.